The van der Waals surface area contributed by atoms with Crippen LogP contribution in [0.15, 0.2) is 48.7 Å². The highest BCUT2D eigenvalue weighted by atomic mass is 16.5. The molecule has 0 bridgehead atoms. The number of piperidine rings is 1. The monoisotopic (exact) mass is 521 g/mol. The molecule has 1 atom stereocenters. The summed E-state index contributed by atoms with van der Waals surface area (Å²) >= 11 is 0. The van der Waals surface area contributed by atoms with Gasteiger partial charge in [0.25, 0.3) is 5.69 Å². The van der Waals surface area contributed by atoms with Gasteiger partial charge in [-0.3, -0.25) is 4.79 Å². The molecule has 0 saturated carbocycles. The van der Waals surface area contributed by atoms with Crippen molar-refractivity contribution in [1.29, 1.82) is 0 Å². The summed E-state index contributed by atoms with van der Waals surface area (Å²) in [5.41, 5.74) is 2.13. The molecule has 11 heteroatoms. The first kappa shape index (κ1) is 26.6. The zero-order valence-corrected chi connectivity index (χ0v) is 21.8. The Hall–Kier alpha value is -4.41. The van der Waals surface area contributed by atoms with Gasteiger partial charge >= 0.3 is 0 Å². The van der Waals surface area contributed by atoms with Crippen LogP contribution in [0.25, 0.3) is 0 Å². The van der Waals surface area contributed by atoms with E-state index in [9.17, 15) is 9.70 Å². The number of ether oxygens (including phenoxy) is 3. The van der Waals surface area contributed by atoms with E-state index in [-0.39, 0.29) is 11.8 Å². The molecule has 1 aromatic heterocycles. The Kier molecular flexibility index (Phi) is 8.91. The minimum atomic E-state index is 0.00956. The maximum atomic E-state index is 12.6. The van der Waals surface area contributed by atoms with Crippen molar-refractivity contribution >= 4 is 29.0 Å². The van der Waals surface area contributed by atoms with Crippen molar-refractivity contribution in [3.05, 3.63) is 59.1 Å². The number of amides is 1. The fourth-order valence-electron chi connectivity index (χ4n) is 4.53. The fraction of sp³-hybridized carbons (Fsp3) is 0.370. The molecule has 1 aliphatic heterocycles. The molecule has 2 heterocycles. The zero-order valence-electron chi connectivity index (χ0n) is 21.8. The highest BCUT2D eigenvalue weighted by Crippen LogP contribution is 2.40. The Morgan fingerprint density at radius 3 is 2.47 bits per heavy atom. The van der Waals surface area contributed by atoms with E-state index in [1.807, 2.05) is 23.4 Å². The van der Waals surface area contributed by atoms with E-state index >= 15 is 0 Å². The summed E-state index contributed by atoms with van der Waals surface area (Å²) in [7, 11) is 4.69. The van der Waals surface area contributed by atoms with Crippen molar-refractivity contribution in [2.24, 2.45) is 5.92 Å². The van der Waals surface area contributed by atoms with Gasteiger partial charge < -0.3 is 29.7 Å². The standard InChI is InChI=1S/C27H32N6O5/c1-36-22-14-21(15-23(37-2)26(22)38-3)30-27-28-11-10-24(31-27)33-12-4-5-19(17-33)13-25(34)29-16-18-6-8-20(32-35)9-7-18/h6-11,14-15,19H,4-5,12-13,16-17H2,1-3H3,(H,29,34)(H,28,30,31)/p+1/t19-/m1/s1. The number of nitrogens with one attached hydrogen (secondary N) is 3. The molecule has 0 unspecified atom stereocenters. The van der Waals surface area contributed by atoms with Crippen LogP contribution < -0.4 is 34.9 Å². The third-order valence-corrected chi connectivity index (χ3v) is 6.44. The van der Waals surface area contributed by atoms with E-state index in [1.165, 1.54) is 0 Å². The summed E-state index contributed by atoms with van der Waals surface area (Å²) in [6.07, 6.45) is 4.11. The topological polar surface area (TPSA) is 129 Å². The highest BCUT2D eigenvalue weighted by molar-refractivity contribution is 5.76. The minimum Gasteiger partial charge on any atom is -0.493 e. The van der Waals surface area contributed by atoms with E-state index in [4.69, 9.17) is 19.2 Å². The largest absolute Gasteiger partial charge is 0.493 e. The third kappa shape index (κ3) is 6.67. The van der Waals surface area contributed by atoms with Crippen LogP contribution >= 0.6 is 0 Å². The summed E-state index contributed by atoms with van der Waals surface area (Å²) in [5, 5.41) is 8.05. The SMILES string of the molecule is COc1cc(Nc2nccc(N3CCC[C@H](CC(=O)NCc4ccc([NH+]=O)cc4)C3)n2)cc(OC)c1OC. The molecule has 3 N–H and O–H groups in total. The molecule has 2 aromatic carbocycles. The van der Waals surface area contributed by atoms with E-state index in [0.717, 1.165) is 37.3 Å². The smallest absolute Gasteiger partial charge is 0.253 e. The van der Waals surface area contributed by atoms with Gasteiger partial charge in [0.2, 0.25) is 17.6 Å². The van der Waals surface area contributed by atoms with Gasteiger partial charge in [-0.05, 0) is 30.4 Å². The molecule has 0 radical (unpaired) electrons. The lowest BCUT2D eigenvalue weighted by Gasteiger charge is -2.33. The Bertz CT molecular complexity index is 1230. The molecular weight excluding hydrogens is 488 g/mol. The molecule has 4 rings (SSSR count). The molecule has 200 valence electrons. The number of aromatic nitrogens is 2. The summed E-state index contributed by atoms with van der Waals surface area (Å²) in [6, 6.07) is 12.5. The van der Waals surface area contributed by atoms with Gasteiger partial charge in [-0.1, -0.05) is 12.1 Å². The number of carbonyl (C=O) groups excluding carboxylic acids is 1. The summed E-state index contributed by atoms with van der Waals surface area (Å²) in [4.78, 5) is 34.6. The lowest BCUT2D eigenvalue weighted by molar-refractivity contribution is -0.379. The predicted molar refractivity (Wildman–Crippen MR) is 143 cm³/mol. The van der Waals surface area contributed by atoms with Crippen LogP contribution in [0.3, 0.4) is 0 Å². The number of benzene rings is 2. The average Bonchev–Trinajstić information content (AvgIpc) is 2.96. The van der Waals surface area contributed by atoms with Gasteiger partial charge in [0.05, 0.1) is 21.3 Å². The number of nitroso groups, excluding NO2 is 1. The van der Waals surface area contributed by atoms with Crippen LogP contribution in [-0.4, -0.2) is 50.3 Å². The molecular formula is C27H33N6O5+. The fourth-order valence-corrected chi connectivity index (χ4v) is 4.53. The number of rotatable bonds is 11. The van der Waals surface area contributed by atoms with Gasteiger partial charge in [-0.25, -0.2) is 4.98 Å². The normalized spacial score (nSPS) is 14.9. The quantitative estimate of drug-likeness (QED) is 0.349. The number of methoxy groups -OCH3 is 3. The second-order valence-corrected chi connectivity index (χ2v) is 9.01. The Balaban J connectivity index is 1.36. The van der Waals surface area contributed by atoms with E-state index < -0.39 is 0 Å². The second-order valence-electron chi connectivity index (χ2n) is 9.01. The van der Waals surface area contributed by atoms with Crippen LogP contribution in [0.1, 0.15) is 24.8 Å². The first-order valence-electron chi connectivity index (χ1n) is 12.4. The Labute approximate surface area is 221 Å². The number of hydrogen-bond acceptors (Lipinski definition) is 9. The highest BCUT2D eigenvalue weighted by Gasteiger charge is 2.23. The molecule has 38 heavy (non-hydrogen) atoms. The first-order chi connectivity index (χ1) is 18.5. The van der Waals surface area contributed by atoms with Gasteiger partial charge in [-0.2, -0.15) is 4.98 Å². The van der Waals surface area contributed by atoms with Crippen molar-refractivity contribution in [3.8, 4) is 17.2 Å². The lowest BCUT2D eigenvalue weighted by atomic mass is 9.94. The summed E-state index contributed by atoms with van der Waals surface area (Å²) in [6.45, 7) is 2.02. The number of hydrogen-bond donors (Lipinski definition) is 3. The maximum Gasteiger partial charge on any atom is 0.253 e. The zero-order chi connectivity index (χ0) is 26.9. The van der Waals surface area contributed by atoms with Crippen LogP contribution in [0.5, 0.6) is 17.2 Å². The van der Waals surface area contributed by atoms with E-state index in [1.54, 1.807) is 51.8 Å². The lowest BCUT2D eigenvalue weighted by Crippen LogP contribution is -2.55. The number of carbonyl (C=O) groups is 1. The second kappa shape index (κ2) is 12.7. The number of nitrogens with zero attached hydrogens (tertiary/aromatic N) is 3. The summed E-state index contributed by atoms with van der Waals surface area (Å²) < 4.78 is 16.3. The van der Waals surface area contributed by atoms with Crippen molar-refractivity contribution in [3.63, 3.8) is 0 Å². The van der Waals surface area contributed by atoms with Crippen LogP contribution in [0.2, 0.25) is 0 Å². The van der Waals surface area contributed by atoms with Crippen LogP contribution in [-0.2, 0) is 11.3 Å². The molecule has 1 amide bonds. The van der Waals surface area contributed by atoms with Gasteiger partial charge in [0.15, 0.2) is 11.5 Å². The summed E-state index contributed by atoms with van der Waals surface area (Å²) in [5.74, 6) is 3.03. The molecule has 1 aliphatic rings. The van der Waals surface area contributed by atoms with Crippen molar-refractivity contribution in [2.45, 2.75) is 25.8 Å². The molecule has 0 spiro atoms. The minimum absolute atomic E-state index is 0.00956. The molecule has 1 saturated heterocycles. The van der Waals surface area contributed by atoms with Crippen molar-refractivity contribution in [2.75, 3.05) is 44.6 Å². The van der Waals surface area contributed by atoms with Crippen molar-refractivity contribution in [1.82, 2.24) is 15.3 Å². The predicted octanol–water partition coefficient (Wildman–Crippen LogP) is 2.65. The average molecular weight is 522 g/mol. The van der Waals surface area contributed by atoms with Crippen LogP contribution in [0.4, 0.5) is 23.1 Å². The third-order valence-electron chi connectivity index (χ3n) is 6.44. The van der Waals surface area contributed by atoms with Crippen LogP contribution in [0, 0.1) is 10.8 Å². The molecule has 3 aromatic rings. The van der Waals surface area contributed by atoms with E-state index in [2.05, 4.69) is 20.5 Å². The van der Waals surface area contributed by atoms with Gasteiger partial charge in [0.1, 0.15) is 5.82 Å². The number of anilines is 3. The molecule has 1 fully saturated rings. The van der Waals surface area contributed by atoms with E-state index in [0.29, 0.717) is 47.5 Å². The Morgan fingerprint density at radius 1 is 1.08 bits per heavy atom. The Morgan fingerprint density at radius 2 is 1.82 bits per heavy atom. The van der Waals surface area contributed by atoms with Gasteiger partial charge in [0, 0.05) is 72.3 Å². The maximum absolute atomic E-state index is 12.6. The molecule has 11 nitrogen and oxygen atoms in total. The van der Waals surface area contributed by atoms with Crippen molar-refractivity contribution < 1.29 is 24.2 Å². The molecule has 0 aliphatic carbocycles. The van der Waals surface area contributed by atoms with Gasteiger partial charge in [-0.15, -0.1) is 0 Å². The first-order valence-corrected chi connectivity index (χ1v) is 12.4.